The van der Waals surface area contributed by atoms with Gasteiger partial charge in [0.1, 0.15) is 5.75 Å². The molecule has 0 bridgehead atoms. The Morgan fingerprint density at radius 3 is 2.50 bits per heavy atom. The highest BCUT2D eigenvalue weighted by molar-refractivity contribution is 5.97. The number of carbonyl (C=O) groups is 2. The van der Waals surface area contributed by atoms with E-state index in [9.17, 15) is 9.59 Å². The average Bonchev–Trinajstić information content (AvgIpc) is 2.68. The summed E-state index contributed by atoms with van der Waals surface area (Å²) < 4.78 is 5.57. The minimum atomic E-state index is -0.0270. The number of amides is 2. The van der Waals surface area contributed by atoms with E-state index in [2.05, 4.69) is 0 Å². The zero-order valence-corrected chi connectivity index (χ0v) is 15.5. The molecule has 2 unspecified atom stereocenters. The van der Waals surface area contributed by atoms with Gasteiger partial charge in [0.25, 0.3) is 5.91 Å². The molecule has 0 aromatic heterocycles. The van der Waals surface area contributed by atoms with Crippen LogP contribution in [-0.4, -0.2) is 60.4 Å². The topological polar surface area (TPSA) is 75.9 Å². The van der Waals surface area contributed by atoms with E-state index in [0.717, 1.165) is 25.7 Å². The van der Waals surface area contributed by atoms with Crippen molar-refractivity contribution in [3.8, 4) is 5.75 Å². The Morgan fingerprint density at radius 2 is 1.81 bits per heavy atom. The summed E-state index contributed by atoms with van der Waals surface area (Å²) >= 11 is 0. The Labute approximate surface area is 155 Å². The van der Waals surface area contributed by atoms with Gasteiger partial charge in [-0.2, -0.15) is 0 Å². The second-order valence-electron chi connectivity index (χ2n) is 7.17. The lowest BCUT2D eigenvalue weighted by atomic mass is 9.85. The van der Waals surface area contributed by atoms with E-state index in [1.807, 2.05) is 34.9 Å². The maximum atomic E-state index is 12.8. The van der Waals surface area contributed by atoms with Crippen LogP contribution in [0.2, 0.25) is 0 Å². The summed E-state index contributed by atoms with van der Waals surface area (Å²) in [5, 5.41) is 0. The number of para-hydroxylation sites is 1. The van der Waals surface area contributed by atoms with E-state index in [1.54, 1.807) is 6.07 Å². The number of carbonyl (C=O) groups excluding carboxylic acids is 2. The summed E-state index contributed by atoms with van der Waals surface area (Å²) in [6.45, 7) is 4.73. The van der Waals surface area contributed by atoms with Crippen molar-refractivity contribution in [2.45, 2.75) is 38.6 Å². The van der Waals surface area contributed by atoms with Crippen LogP contribution in [0.1, 0.15) is 43.0 Å². The normalized spacial score (nSPS) is 23.6. The average molecular weight is 359 g/mol. The Bertz CT molecular complexity index is 641. The lowest BCUT2D eigenvalue weighted by Gasteiger charge is -2.38. The molecule has 0 radical (unpaired) electrons. The first-order chi connectivity index (χ1) is 12.6. The highest BCUT2D eigenvalue weighted by Gasteiger charge is 2.32. The largest absolute Gasteiger partial charge is 0.493 e. The molecule has 2 aliphatic rings. The first-order valence-corrected chi connectivity index (χ1v) is 9.65. The predicted molar refractivity (Wildman–Crippen MR) is 100 cm³/mol. The molecule has 26 heavy (non-hydrogen) atoms. The molecule has 1 aromatic carbocycles. The Balaban J connectivity index is 1.58. The molecule has 1 aromatic rings. The van der Waals surface area contributed by atoms with Gasteiger partial charge in [0.2, 0.25) is 5.91 Å². The molecule has 1 heterocycles. The van der Waals surface area contributed by atoms with Crippen LogP contribution in [-0.2, 0) is 4.79 Å². The van der Waals surface area contributed by atoms with E-state index in [4.69, 9.17) is 10.5 Å². The molecule has 1 saturated carbocycles. The number of hydrogen-bond donors (Lipinski definition) is 1. The van der Waals surface area contributed by atoms with Crippen molar-refractivity contribution in [3.05, 3.63) is 29.8 Å². The van der Waals surface area contributed by atoms with Crippen LogP contribution in [0.25, 0.3) is 0 Å². The minimum Gasteiger partial charge on any atom is -0.493 e. The number of nitrogens with zero attached hydrogens (tertiary/aromatic N) is 2. The summed E-state index contributed by atoms with van der Waals surface area (Å²) in [6.07, 6.45) is 3.78. The molecule has 2 atom stereocenters. The number of benzene rings is 1. The fourth-order valence-electron chi connectivity index (χ4n) is 3.94. The first-order valence-electron chi connectivity index (χ1n) is 9.65. The SMILES string of the molecule is CCOc1ccccc1C(=O)N1CCN(C(=O)C2CCCC(N)C2)CC1. The Kier molecular flexibility index (Phi) is 6.14. The van der Waals surface area contributed by atoms with Gasteiger partial charge in [-0.05, 0) is 38.3 Å². The number of rotatable bonds is 4. The van der Waals surface area contributed by atoms with Gasteiger partial charge in [-0.1, -0.05) is 18.6 Å². The zero-order chi connectivity index (χ0) is 18.5. The van der Waals surface area contributed by atoms with E-state index < -0.39 is 0 Å². The Hall–Kier alpha value is -2.08. The third-order valence-corrected chi connectivity index (χ3v) is 5.36. The summed E-state index contributed by atoms with van der Waals surface area (Å²) in [6, 6.07) is 7.49. The second kappa shape index (κ2) is 8.54. The predicted octanol–water partition coefficient (Wildman–Crippen LogP) is 1.89. The van der Waals surface area contributed by atoms with Crippen LogP contribution in [0.5, 0.6) is 5.75 Å². The van der Waals surface area contributed by atoms with Crippen molar-refractivity contribution in [1.29, 1.82) is 0 Å². The highest BCUT2D eigenvalue weighted by Crippen LogP contribution is 2.26. The van der Waals surface area contributed by atoms with E-state index in [0.29, 0.717) is 44.1 Å². The smallest absolute Gasteiger partial charge is 0.257 e. The summed E-state index contributed by atoms with van der Waals surface area (Å²) in [5.41, 5.74) is 6.61. The molecule has 2 fully saturated rings. The second-order valence-corrected chi connectivity index (χ2v) is 7.17. The van der Waals surface area contributed by atoms with Gasteiger partial charge in [-0.3, -0.25) is 9.59 Å². The van der Waals surface area contributed by atoms with Crippen molar-refractivity contribution < 1.29 is 14.3 Å². The molecule has 1 aliphatic carbocycles. The van der Waals surface area contributed by atoms with Crippen molar-refractivity contribution in [1.82, 2.24) is 9.80 Å². The number of hydrogen-bond acceptors (Lipinski definition) is 4. The number of nitrogens with two attached hydrogens (primary N) is 1. The van der Waals surface area contributed by atoms with Crippen LogP contribution in [0.3, 0.4) is 0 Å². The van der Waals surface area contributed by atoms with Gasteiger partial charge in [0, 0.05) is 38.1 Å². The number of piperazine rings is 1. The maximum Gasteiger partial charge on any atom is 0.257 e. The molecule has 142 valence electrons. The molecule has 2 amide bonds. The van der Waals surface area contributed by atoms with Crippen molar-refractivity contribution in [2.24, 2.45) is 11.7 Å². The van der Waals surface area contributed by atoms with Gasteiger partial charge in [-0.25, -0.2) is 0 Å². The third-order valence-electron chi connectivity index (χ3n) is 5.36. The van der Waals surface area contributed by atoms with Crippen LogP contribution in [0.4, 0.5) is 0 Å². The molecular formula is C20H29N3O3. The molecule has 6 heteroatoms. The zero-order valence-electron chi connectivity index (χ0n) is 15.5. The van der Waals surface area contributed by atoms with Crippen LogP contribution in [0.15, 0.2) is 24.3 Å². The molecule has 1 saturated heterocycles. The summed E-state index contributed by atoms with van der Waals surface area (Å²) in [4.78, 5) is 29.3. The third kappa shape index (κ3) is 4.18. The lowest BCUT2D eigenvalue weighted by Crippen LogP contribution is -2.52. The lowest BCUT2D eigenvalue weighted by molar-refractivity contribution is -0.138. The van der Waals surface area contributed by atoms with Gasteiger partial charge in [0.15, 0.2) is 0 Å². The molecule has 2 N–H and O–H groups in total. The summed E-state index contributed by atoms with van der Waals surface area (Å²) in [7, 11) is 0. The fourth-order valence-corrected chi connectivity index (χ4v) is 3.94. The molecule has 0 spiro atoms. The van der Waals surface area contributed by atoms with Gasteiger partial charge in [0.05, 0.1) is 12.2 Å². The van der Waals surface area contributed by atoms with E-state index in [-0.39, 0.29) is 23.8 Å². The fraction of sp³-hybridized carbons (Fsp3) is 0.600. The quantitative estimate of drug-likeness (QED) is 0.891. The van der Waals surface area contributed by atoms with E-state index >= 15 is 0 Å². The monoisotopic (exact) mass is 359 g/mol. The van der Waals surface area contributed by atoms with Gasteiger partial charge < -0.3 is 20.3 Å². The van der Waals surface area contributed by atoms with E-state index in [1.165, 1.54) is 0 Å². The molecule has 6 nitrogen and oxygen atoms in total. The van der Waals surface area contributed by atoms with Gasteiger partial charge in [-0.15, -0.1) is 0 Å². The molecule has 1 aliphatic heterocycles. The molecular weight excluding hydrogens is 330 g/mol. The highest BCUT2D eigenvalue weighted by atomic mass is 16.5. The standard InChI is InChI=1S/C20H29N3O3/c1-2-26-18-9-4-3-8-17(18)20(25)23-12-10-22(11-13-23)19(24)15-6-5-7-16(21)14-15/h3-4,8-9,15-16H,2,5-7,10-14,21H2,1H3. The van der Waals surface area contributed by atoms with Crippen LogP contribution in [0, 0.1) is 5.92 Å². The first kappa shape index (κ1) is 18.7. The number of ether oxygens (including phenoxy) is 1. The van der Waals surface area contributed by atoms with Crippen molar-refractivity contribution in [3.63, 3.8) is 0 Å². The van der Waals surface area contributed by atoms with Crippen molar-refractivity contribution in [2.75, 3.05) is 32.8 Å². The summed E-state index contributed by atoms with van der Waals surface area (Å²) in [5.74, 6) is 0.859. The van der Waals surface area contributed by atoms with Gasteiger partial charge >= 0.3 is 0 Å². The van der Waals surface area contributed by atoms with Crippen LogP contribution >= 0.6 is 0 Å². The van der Waals surface area contributed by atoms with Crippen LogP contribution < -0.4 is 10.5 Å². The maximum absolute atomic E-state index is 12.8. The minimum absolute atomic E-state index is 0.0270. The Morgan fingerprint density at radius 1 is 1.12 bits per heavy atom. The molecule has 3 rings (SSSR count). The van der Waals surface area contributed by atoms with Crippen molar-refractivity contribution >= 4 is 11.8 Å².